The van der Waals surface area contributed by atoms with Crippen LogP contribution in [0.2, 0.25) is 0 Å². The van der Waals surface area contributed by atoms with Crippen LogP contribution >= 0.6 is 0 Å². The largest absolute Gasteiger partial charge is 0.379 e. The van der Waals surface area contributed by atoms with E-state index in [-0.39, 0.29) is 5.54 Å². The lowest BCUT2D eigenvalue weighted by molar-refractivity contribution is 0.495. The molecule has 1 N–H and O–H groups in total. The van der Waals surface area contributed by atoms with Crippen molar-refractivity contribution in [2.45, 2.75) is 32.2 Å². The lowest BCUT2D eigenvalue weighted by Crippen LogP contribution is -2.33. The molecule has 0 unspecified atom stereocenters. The molecule has 0 saturated heterocycles. The summed E-state index contributed by atoms with van der Waals surface area (Å²) in [5, 5.41) is 15.0. The average Bonchev–Trinajstić information content (AvgIpc) is 3.23. The quantitative estimate of drug-likeness (QED) is 0.881. The molecule has 19 heavy (non-hydrogen) atoms. The van der Waals surface area contributed by atoms with Gasteiger partial charge < -0.3 is 5.32 Å². The molecule has 1 saturated carbocycles. The Balaban J connectivity index is 2.07. The fourth-order valence-corrected chi connectivity index (χ4v) is 2.76. The third-order valence-electron chi connectivity index (χ3n) is 4.10. The highest BCUT2D eigenvalue weighted by Gasteiger charge is 2.37. The molecule has 2 heteroatoms. The Labute approximate surface area is 114 Å². The Kier molecular flexibility index (Phi) is 2.71. The van der Waals surface area contributed by atoms with Crippen LogP contribution in [0.4, 0.5) is 5.69 Å². The van der Waals surface area contributed by atoms with Crippen LogP contribution in [0.3, 0.4) is 0 Å². The summed E-state index contributed by atoms with van der Waals surface area (Å²) >= 11 is 0. The first-order chi connectivity index (χ1) is 9.12. The van der Waals surface area contributed by atoms with Crippen molar-refractivity contribution in [3.8, 4) is 6.07 Å². The van der Waals surface area contributed by atoms with Gasteiger partial charge in [-0.25, -0.2) is 0 Å². The Morgan fingerprint density at radius 3 is 2.42 bits per heavy atom. The number of nitriles is 1. The fraction of sp³-hybridized carbons (Fsp3) is 0.353. The summed E-state index contributed by atoms with van der Waals surface area (Å²) in [6.07, 6.45) is 2.63. The third-order valence-corrected chi connectivity index (χ3v) is 4.10. The molecule has 0 atom stereocenters. The highest BCUT2D eigenvalue weighted by atomic mass is 15.0. The van der Waals surface area contributed by atoms with Gasteiger partial charge in [0.05, 0.1) is 11.6 Å². The zero-order chi connectivity index (χ0) is 13.5. The molecule has 2 aromatic rings. The highest BCUT2D eigenvalue weighted by molar-refractivity contribution is 5.97. The van der Waals surface area contributed by atoms with Crippen LogP contribution in [-0.4, -0.2) is 5.54 Å². The van der Waals surface area contributed by atoms with Gasteiger partial charge in [0.2, 0.25) is 0 Å². The average molecular weight is 250 g/mol. The second kappa shape index (κ2) is 4.28. The summed E-state index contributed by atoms with van der Waals surface area (Å²) in [5.74, 6) is 0.766. The van der Waals surface area contributed by atoms with Gasteiger partial charge in [0.25, 0.3) is 0 Å². The molecule has 0 heterocycles. The summed E-state index contributed by atoms with van der Waals surface area (Å²) in [4.78, 5) is 0. The molecule has 0 bridgehead atoms. The first kappa shape index (κ1) is 12.0. The maximum absolute atomic E-state index is 9.19. The van der Waals surface area contributed by atoms with E-state index in [1.54, 1.807) is 0 Å². The maximum Gasteiger partial charge on any atom is 0.0998 e. The first-order valence-corrected chi connectivity index (χ1v) is 6.82. The van der Waals surface area contributed by atoms with Crippen LogP contribution in [0.5, 0.6) is 0 Å². The van der Waals surface area contributed by atoms with E-state index >= 15 is 0 Å². The van der Waals surface area contributed by atoms with Gasteiger partial charge in [0.15, 0.2) is 0 Å². The standard InChI is InChI=1S/C17H18N2/c1-17(2,13-8-9-13)19-16-10-7-12(11-18)14-5-3-4-6-15(14)16/h3-7,10,13,19H,8-9H2,1-2H3. The van der Waals surface area contributed by atoms with Crippen molar-refractivity contribution in [2.75, 3.05) is 5.32 Å². The number of anilines is 1. The summed E-state index contributed by atoms with van der Waals surface area (Å²) in [5.41, 5.74) is 1.99. The molecular weight excluding hydrogens is 232 g/mol. The monoisotopic (exact) mass is 250 g/mol. The van der Waals surface area contributed by atoms with Crippen molar-refractivity contribution in [2.24, 2.45) is 5.92 Å². The summed E-state index contributed by atoms with van der Waals surface area (Å²) in [6.45, 7) is 4.52. The summed E-state index contributed by atoms with van der Waals surface area (Å²) in [6, 6.07) is 14.3. The number of rotatable bonds is 3. The van der Waals surface area contributed by atoms with Crippen molar-refractivity contribution in [3.05, 3.63) is 42.0 Å². The van der Waals surface area contributed by atoms with Crippen LogP contribution in [0, 0.1) is 17.2 Å². The SMILES string of the molecule is CC(C)(Nc1ccc(C#N)c2ccccc12)C1CC1. The van der Waals surface area contributed by atoms with Gasteiger partial charge in [-0.05, 0) is 44.7 Å². The minimum absolute atomic E-state index is 0.122. The Morgan fingerprint density at radius 1 is 1.11 bits per heavy atom. The minimum Gasteiger partial charge on any atom is -0.379 e. The molecule has 0 spiro atoms. The molecule has 0 aliphatic heterocycles. The van der Waals surface area contributed by atoms with Crippen molar-refractivity contribution >= 4 is 16.5 Å². The number of hydrogen-bond acceptors (Lipinski definition) is 2. The van der Waals surface area contributed by atoms with Gasteiger partial charge in [0.1, 0.15) is 0 Å². The smallest absolute Gasteiger partial charge is 0.0998 e. The van der Waals surface area contributed by atoms with Crippen LogP contribution in [-0.2, 0) is 0 Å². The zero-order valence-corrected chi connectivity index (χ0v) is 11.4. The van der Waals surface area contributed by atoms with E-state index < -0.39 is 0 Å². The number of nitrogens with one attached hydrogen (secondary N) is 1. The number of nitrogens with zero attached hydrogens (tertiary/aromatic N) is 1. The molecule has 1 fully saturated rings. The lowest BCUT2D eigenvalue weighted by Gasteiger charge is -2.28. The van der Waals surface area contributed by atoms with E-state index in [1.165, 1.54) is 12.8 Å². The van der Waals surface area contributed by atoms with Gasteiger partial charge in [-0.15, -0.1) is 0 Å². The van der Waals surface area contributed by atoms with Gasteiger partial charge >= 0.3 is 0 Å². The normalized spacial score (nSPS) is 15.2. The molecule has 2 aromatic carbocycles. The molecule has 1 aliphatic rings. The van der Waals surface area contributed by atoms with Crippen molar-refractivity contribution < 1.29 is 0 Å². The van der Waals surface area contributed by atoms with Crippen LogP contribution in [0.25, 0.3) is 10.8 Å². The third kappa shape index (κ3) is 2.17. The Morgan fingerprint density at radius 2 is 1.79 bits per heavy atom. The van der Waals surface area contributed by atoms with Gasteiger partial charge in [-0.1, -0.05) is 24.3 Å². The number of fused-ring (bicyclic) bond motifs is 1. The van der Waals surface area contributed by atoms with E-state index in [1.807, 2.05) is 30.3 Å². The molecule has 1 aliphatic carbocycles. The van der Waals surface area contributed by atoms with Crippen molar-refractivity contribution in [3.63, 3.8) is 0 Å². The minimum atomic E-state index is 0.122. The zero-order valence-electron chi connectivity index (χ0n) is 11.4. The van der Waals surface area contributed by atoms with Crippen molar-refractivity contribution in [1.29, 1.82) is 5.26 Å². The maximum atomic E-state index is 9.19. The summed E-state index contributed by atoms with van der Waals surface area (Å²) < 4.78 is 0. The van der Waals surface area contributed by atoms with Gasteiger partial charge in [0, 0.05) is 22.0 Å². The van der Waals surface area contributed by atoms with Crippen LogP contribution < -0.4 is 5.32 Å². The van der Waals surface area contributed by atoms with Gasteiger partial charge in [-0.2, -0.15) is 5.26 Å². The fourth-order valence-electron chi connectivity index (χ4n) is 2.76. The molecule has 2 nitrogen and oxygen atoms in total. The lowest BCUT2D eigenvalue weighted by atomic mass is 9.96. The van der Waals surface area contributed by atoms with E-state index in [4.69, 9.17) is 0 Å². The summed E-state index contributed by atoms with van der Waals surface area (Å²) in [7, 11) is 0. The Hall–Kier alpha value is -2.01. The molecule has 3 rings (SSSR count). The highest BCUT2D eigenvalue weighted by Crippen LogP contribution is 2.42. The molecule has 0 radical (unpaired) electrons. The number of hydrogen-bond donors (Lipinski definition) is 1. The molecule has 96 valence electrons. The van der Waals surface area contributed by atoms with E-state index in [0.29, 0.717) is 0 Å². The van der Waals surface area contributed by atoms with E-state index in [9.17, 15) is 5.26 Å². The predicted molar refractivity (Wildman–Crippen MR) is 79.1 cm³/mol. The van der Waals surface area contributed by atoms with E-state index in [2.05, 4.69) is 31.3 Å². The van der Waals surface area contributed by atoms with Crippen LogP contribution in [0.1, 0.15) is 32.3 Å². The Bertz CT molecular complexity index is 661. The van der Waals surface area contributed by atoms with Gasteiger partial charge in [-0.3, -0.25) is 0 Å². The second-order valence-corrected chi connectivity index (χ2v) is 5.94. The molecule has 0 amide bonds. The first-order valence-electron chi connectivity index (χ1n) is 6.82. The second-order valence-electron chi connectivity index (χ2n) is 5.94. The predicted octanol–water partition coefficient (Wildman–Crippen LogP) is 4.31. The number of benzene rings is 2. The van der Waals surface area contributed by atoms with Crippen molar-refractivity contribution in [1.82, 2.24) is 0 Å². The molecular formula is C17H18N2. The van der Waals surface area contributed by atoms with Crippen LogP contribution in [0.15, 0.2) is 36.4 Å². The molecule has 0 aromatic heterocycles. The van der Waals surface area contributed by atoms with E-state index in [0.717, 1.165) is 27.9 Å². The topological polar surface area (TPSA) is 35.8 Å².